The van der Waals surface area contributed by atoms with Crippen molar-refractivity contribution in [2.24, 2.45) is 0 Å². The van der Waals surface area contributed by atoms with E-state index >= 15 is 0 Å². The fourth-order valence-electron chi connectivity index (χ4n) is 2.64. The first-order chi connectivity index (χ1) is 14.8. The van der Waals surface area contributed by atoms with Crippen molar-refractivity contribution in [3.8, 4) is 5.75 Å². The molecule has 0 saturated heterocycles. The maximum Gasteiger partial charge on any atom is 0.416 e. The molecule has 2 N–H and O–H groups in total. The highest BCUT2D eigenvalue weighted by Crippen LogP contribution is 2.31. The summed E-state index contributed by atoms with van der Waals surface area (Å²) in [5.74, 6) is 0.401. The van der Waals surface area contributed by atoms with Crippen LogP contribution < -0.4 is 10.1 Å². The number of benzene rings is 2. The molecule has 9 heteroatoms. The van der Waals surface area contributed by atoms with Gasteiger partial charge < -0.3 is 15.2 Å². The molecule has 3 aromatic rings. The SMILES string of the molecule is O=C(NCC(O)COc1cccc(C(F)(F)F)c1)c1ccccc1SCc1cccs1. The summed E-state index contributed by atoms with van der Waals surface area (Å²) in [5, 5.41) is 14.7. The quantitative estimate of drug-likeness (QED) is 0.423. The van der Waals surface area contributed by atoms with E-state index in [0.29, 0.717) is 5.56 Å². The van der Waals surface area contributed by atoms with Gasteiger partial charge in [-0.3, -0.25) is 4.79 Å². The lowest BCUT2D eigenvalue weighted by molar-refractivity contribution is -0.137. The van der Waals surface area contributed by atoms with E-state index in [9.17, 15) is 23.1 Å². The molecule has 0 bridgehead atoms. The Morgan fingerprint density at radius 3 is 2.68 bits per heavy atom. The Morgan fingerprint density at radius 1 is 1.13 bits per heavy atom. The minimum Gasteiger partial charge on any atom is -0.491 e. The molecule has 1 unspecified atom stereocenters. The Morgan fingerprint density at radius 2 is 1.94 bits per heavy atom. The number of aliphatic hydroxyl groups is 1. The molecular formula is C22H20F3NO3S2. The molecule has 0 aliphatic carbocycles. The highest BCUT2D eigenvalue weighted by Gasteiger charge is 2.30. The van der Waals surface area contributed by atoms with Crippen molar-refractivity contribution in [1.29, 1.82) is 0 Å². The highest BCUT2D eigenvalue weighted by molar-refractivity contribution is 7.98. The molecule has 3 rings (SSSR count). The normalized spacial score (nSPS) is 12.4. The van der Waals surface area contributed by atoms with Crippen molar-refractivity contribution in [2.75, 3.05) is 13.2 Å². The van der Waals surface area contributed by atoms with Crippen molar-refractivity contribution in [3.05, 3.63) is 82.0 Å². The largest absolute Gasteiger partial charge is 0.491 e. The first-order valence-corrected chi connectivity index (χ1v) is 11.2. The summed E-state index contributed by atoms with van der Waals surface area (Å²) in [4.78, 5) is 14.6. The van der Waals surface area contributed by atoms with Crippen LogP contribution in [0.3, 0.4) is 0 Å². The average Bonchev–Trinajstić information content (AvgIpc) is 3.28. The number of carbonyl (C=O) groups is 1. The number of nitrogens with one attached hydrogen (secondary N) is 1. The number of rotatable bonds is 9. The molecule has 2 aromatic carbocycles. The molecule has 0 aliphatic rings. The van der Waals surface area contributed by atoms with E-state index in [-0.39, 0.29) is 24.8 Å². The molecule has 0 fully saturated rings. The zero-order valence-electron chi connectivity index (χ0n) is 16.3. The number of hydrogen-bond acceptors (Lipinski definition) is 5. The minimum absolute atomic E-state index is 0.00414. The minimum atomic E-state index is -4.47. The van der Waals surface area contributed by atoms with E-state index in [1.807, 2.05) is 29.6 Å². The Bertz CT molecular complexity index is 994. The smallest absolute Gasteiger partial charge is 0.416 e. The molecule has 4 nitrogen and oxygen atoms in total. The fraction of sp³-hybridized carbons (Fsp3) is 0.227. The van der Waals surface area contributed by atoms with E-state index in [2.05, 4.69) is 5.32 Å². The predicted octanol–water partition coefficient (Wildman–Crippen LogP) is 5.23. The molecule has 1 heterocycles. The number of thiophene rings is 1. The van der Waals surface area contributed by atoms with Gasteiger partial charge in [0.15, 0.2) is 0 Å². The number of thioether (sulfide) groups is 1. The van der Waals surface area contributed by atoms with E-state index in [1.165, 1.54) is 17.0 Å². The van der Waals surface area contributed by atoms with Crippen LogP contribution in [0.2, 0.25) is 0 Å². The van der Waals surface area contributed by atoms with Crippen LogP contribution in [0.25, 0.3) is 0 Å². The van der Waals surface area contributed by atoms with Crippen molar-refractivity contribution in [3.63, 3.8) is 0 Å². The van der Waals surface area contributed by atoms with Crippen LogP contribution in [-0.4, -0.2) is 30.3 Å². The van der Waals surface area contributed by atoms with E-state index in [1.54, 1.807) is 35.2 Å². The standard InChI is InChI=1S/C22H20F3NO3S2/c23-22(24,25)15-5-3-6-17(11-15)29-13-16(27)12-26-21(28)19-8-1-2-9-20(19)31-14-18-7-4-10-30-18/h1-11,16,27H,12-14H2,(H,26,28). The van der Waals surface area contributed by atoms with Crippen LogP contribution in [0.15, 0.2) is 70.9 Å². The Balaban J connectivity index is 1.50. The number of aliphatic hydroxyl groups excluding tert-OH is 1. The molecule has 1 atom stereocenters. The molecule has 1 amide bonds. The lowest BCUT2D eigenvalue weighted by Crippen LogP contribution is -2.35. The van der Waals surface area contributed by atoms with Gasteiger partial charge in [0.1, 0.15) is 18.5 Å². The van der Waals surface area contributed by atoms with Gasteiger partial charge in [-0.15, -0.1) is 23.1 Å². The van der Waals surface area contributed by atoms with Gasteiger partial charge in [0.2, 0.25) is 0 Å². The summed E-state index contributed by atoms with van der Waals surface area (Å²) in [6.07, 6.45) is -5.55. The number of halogens is 3. The van der Waals surface area contributed by atoms with Crippen molar-refractivity contribution < 1.29 is 27.8 Å². The summed E-state index contributed by atoms with van der Waals surface area (Å²) < 4.78 is 43.5. The summed E-state index contributed by atoms with van der Waals surface area (Å²) in [7, 11) is 0. The number of hydrogen-bond donors (Lipinski definition) is 2. The lowest BCUT2D eigenvalue weighted by atomic mass is 10.2. The summed E-state index contributed by atoms with van der Waals surface area (Å²) in [6.45, 7) is -0.349. The van der Waals surface area contributed by atoms with Gasteiger partial charge in [0, 0.05) is 22.1 Å². The second-order valence-corrected chi connectivity index (χ2v) is 8.61. The van der Waals surface area contributed by atoms with Gasteiger partial charge in [-0.1, -0.05) is 24.3 Å². The van der Waals surface area contributed by atoms with Gasteiger partial charge in [-0.2, -0.15) is 13.2 Å². The first-order valence-electron chi connectivity index (χ1n) is 9.33. The molecule has 0 spiro atoms. The maximum absolute atomic E-state index is 12.8. The van der Waals surface area contributed by atoms with Crippen LogP contribution in [0.5, 0.6) is 5.75 Å². The molecule has 31 heavy (non-hydrogen) atoms. The molecule has 0 radical (unpaired) electrons. The Hall–Kier alpha value is -2.49. The monoisotopic (exact) mass is 467 g/mol. The van der Waals surface area contributed by atoms with E-state index in [0.717, 1.165) is 22.8 Å². The highest BCUT2D eigenvalue weighted by atomic mass is 32.2. The van der Waals surface area contributed by atoms with Crippen molar-refractivity contribution >= 4 is 29.0 Å². The number of carbonyl (C=O) groups excluding carboxylic acids is 1. The number of ether oxygens (including phenoxy) is 1. The van der Waals surface area contributed by atoms with Crippen LogP contribution in [0, 0.1) is 0 Å². The number of amides is 1. The maximum atomic E-state index is 12.8. The molecular weight excluding hydrogens is 447 g/mol. The number of alkyl halides is 3. The summed E-state index contributed by atoms with van der Waals surface area (Å²) in [5.41, 5.74) is -0.334. The van der Waals surface area contributed by atoms with Crippen LogP contribution >= 0.6 is 23.1 Å². The zero-order chi connectivity index (χ0) is 22.3. The van der Waals surface area contributed by atoms with E-state index in [4.69, 9.17) is 4.74 Å². The van der Waals surface area contributed by atoms with Gasteiger partial charge in [-0.05, 0) is 41.8 Å². The van der Waals surface area contributed by atoms with Crippen LogP contribution in [0.4, 0.5) is 13.2 Å². The third-order valence-electron chi connectivity index (χ3n) is 4.18. The zero-order valence-corrected chi connectivity index (χ0v) is 17.9. The second-order valence-electron chi connectivity index (χ2n) is 6.56. The van der Waals surface area contributed by atoms with Crippen LogP contribution in [0.1, 0.15) is 20.8 Å². The molecule has 164 valence electrons. The van der Waals surface area contributed by atoms with Crippen molar-refractivity contribution in [1.82, 2.24) is 5.32 Å². The van der Waals surface area contributed by atoms with Gasteiger partial charge >= 0.3 is 6.18 Å². The molecule has 0 saturated carbocycles. The van der Waals surface area contributed by atoms with Crippen molar-refractivity contribution in [2.45, 2.75) is 22.9 Å². The second kappa shape index (κ2) is 10.7. The fourth-order valence-corrected chi connectivity index (χ4v) is 4.47. The van der Waals surface area contributed by atoms with Gasteiger partial charge in [-0.25, -0.2) is 0 Å². The van der Waals surface area contributed by atoms with Gasteiger partial charge in [0.05, 0.1) is 11.1 Å². The Labute approximate surface area is 186 Å². The first kappa shape index (κ1) is 23.2. The van der Waals surface area contributed by atoms with E-state index < -0.39 is 17.8 Å². The molecule has 0 aliphatic heterocycles. The lowest BCUT2D eigenvalue weighted by Gasteiger charge is -2.15. The van der Waals surface area contributed by atoms with Crippen LogP contribution in [-0.2, 0) is 11.9 Å². The summed E-state index contributed by atoms with van der Waals surface area (Å²) >= 11 is 3.19. The Kier molecular flexibility index (Phi) is 8.00. The molecule has 1 aromatic heterocycles. The topological polar surface area (TPSA) is 58.6 Å². The average molecular weight is 468 g/mol. The predicted molar refractivity (Wildman–Crippen MR) is 116 cm³/mol. The third-order valence-corrected chi connectivity index (χ3v) is 6.37. The summed E-state index contributed by atoms with van der Waals surface area (Å²) in [6, 6.07) is 15.6. The van der Waals surface area contributed by atoms with Gasteiger partial charge in [0.25, 0.3) is 5.91 Å². The third kappa shape index (κ3) is 7.02.